The van der Waals surface area contributed by atoms with Crippen molar-refractivity contribution in [2.24, 2.45) is 12.8 Å². The molecule has 0 spiro atoms. The van der Waals surface area contributed by atoms with Crippen molar-refractivity contribution in [1.29, 1.82) is 0 Å². The molecule has 7 heterocycles. The molecule has 8 amide bonds. The first-order valence-corrected chi connectivity index (χ1v) is 33.1. The molecule has 96 heavy (non-hydrogen) atoms. The molecule has 4 aliphatic rings. The van der Waals surface area contributed by atoms with Gasteiger partial charge in [-0.1, -0.05) is 24.3 Å². The summed E-state index contributed by atoms with van der Waals surface area (Å²) in [6.07, 6.45) is 7.60. The molecule has 28 nitrogen and oxygen atoms in total. The van der Waals surface area contributed by atoms with Gasteiger partial charge in [0.05, 0.1) is 93.9 Å². The highest BCUT2D eigenvalue weighted by molar-refractivity contribution is 6.00. The molecule has 4 aliphatic heterocycles. The molecule has 4 fully saturated rings. The van der Waals surface area contributed by atoms with Crippen molar-refractivity contribution in [2.75, 3.05) is 129 Å². The quantitative estimate of drug-likeness (QED) is 0.0309. The number of esters is 1. The third-order valence-corrected chi connectivity index (χ3v) is 17.9. The van der Waals surface area contributed by atoms with E-state index in [0.717, 1.165) is 49.0 Å². The number of likely N-dealkylation sites (tertiary alicyclic amines) is 2. The number of halogens is 1. The number of piperidine rings is 3. The predicted octanol–water partition coefficient (Wildman–Crippen LogP) is 4.33. The van der Waals surface area contributed by atoms with Gasteiger partial charge < -0.3 is 70.4 Å². The van der Waals surface area contributed by atoms with Crippen LogP contribution in [-0.2, 0) is 61.3 Å². The number of anilines is 3. The summed E-state index contributed by atoms with van der Waals surface area (Å²) >= 11 is 0. The summed E-state index contributed by atoms with van der Waals surface area (Å²) in [7, 11) is 3.60. The Morgan fingerprint density at radius 1 is 0.698 bits per heavy atom. The zero-order chi connectivity index (χ0) is 67.8. The van der Waals surface area contributed by atoms with Gasteiger partial charge >= 0.3 is 12.0 Å². The summed E-state index contributed by atoms with van der Waals surface area (Å²) < 4.78 is 41.2. The first-order chi connectivity index (χ1) is 46.4. The SMILES string of the molecule is CC(C)OC(=O)CNC(=O)CNC(=O)Cn1nc(C2CCN(C(=O)CCC(=O)NCCOCCOCCOCCC(=O)N3CCC(c4ccc(Nc5nc(N6CCC[C@@H](N7CCN(C)C7=O)C6)cnc5C(N)=O)cc4)CC3)CC2)c2c(-c3cc4c(cnn4C)cc3F)cccc21. The summed E-state index contributed by atoms with van der Waals surface area (Å²) in [4.78, 5) is 121. The Hall–Kier alpha value is -9.35. The van der Waals surface area contributed by atoms with E-state index in [9.17, 15) is 38.4 Å². The number of primary amides is 1. The van der Waals surface area contributed by atoms with Crippen molar-refractivity contribution < 1.29 is 61.7 Å². The van der Waals surface area contributed by atoms with Crippen LogP contribution in [0.1, 0.15) is 105 Å². The Morgan fingerprint density at radius 3 is 2.08 bits per heavy atom. The van der Waals surface area contributed by atoms with E-state index in [2.05, 4.69) is 48.4 Å². The number of hydrogen-bond acceptors (Lipinski definition) is 18. The average molecular weight is 1330 g/mol. The van der Waals surface area contributed by atoms with Crippen LogP contribution in [0.4, 0.5) is 26.5 Å². The van der Waals surface area contributed by atoms with Gasteiger partial charge in [0.15, 0.2) is 11.5 Å². The van der Waals surface area contributed by atoms with Gasteiger partial charge in [-0.15, -0.1) is 0 Å². The van der Waals surface area contributed by atoms with Gasteiger partial charge in [0.25, 0.3) is 5.91 Å². The first kappa shape index (κ1) is 69.5. The number of aromatic nitrogens is 6. The smallest absolute Gasteiger partial charge is 0.325 e. The van der Waals surface area contributed by atoms with E-state index in [1.54, 1.807) is 66.0 Å². The fourth-order valence-electron chi connectivity index (χ4n) is 12.8. The maximum absolute atomic E-state index is 16.0. The number of likely N-dealkylation sites (N-methyl/N-ethyl adjacent to an activating group) is 1. The minimum atomic E-state index is -0.693. The molecule has 0 aliphatic carbocycles. The van der Waals surface area contributed by atoms with Gasteiger partial charge in [0.2, 0.25) is 29.5 Å². The maximum atomic E-state index is 16.0. The lowest BCUT2D eigenvalue weighted by atomic mass is 9.88. The van der Waals surface area contributed by atoms with Crippen molar-refractivity contribution in [3.63, 3.8) is 0 Å². The third-order valence-electron chi connectivity index (χ3n) is 17.9. The number of aryl methyl sites for hydroxylation is 1. The summed E-state index contributed by atoms with van der Waals surface area (Å²) in [5.74, 6) is -2.26. The molecule has 0 unspecified atom stereocenters. The van der Waals surface area contributed by atoms with Crippen molar-refractivity contribution in [3.8, 4) is 11.1 Å². The Labute approximate surface area is 556 Å². The fourth-order valence-corrected chi connectivity index (χ4v) is 12.8. The summed E-state index contributed by atoms with van der Waals surface area (Å²) in [6.45, 7) is 9.29. The van der Waals surface area contributed by atoms with Crippen LogP contribution in [0, 0.1) is 5.82 Å². The monoisotopic (exact) mass is 1330 g/mol. The second-order valence-electron chi connectivity index (χ2n) is 24.9. The number of nitrogens with zero attached hydrogens (tertiary/aromatic N) is 11. The van der Waals surface area contributed by atoms with Crippen LogP contribution >= 0.6 is 0 Å². The Balaban J connectivity index is 0.580. The van der Waals surface area contributed by atoms with Gasteiger partial charge in [-0.05, 0) is 99.7 Å². The molecule has 0 saturated carbocycles. The molecule has 6 N–H and O–H groups in total. The van der Waals surface area contributed by atoms with E-state index in [0.29, 0.717) is 124 Å². The number of rotatable bonds is 30. The van der Waals surface area contributed by atoms with Crippen LogP contribution in [0.3, 0.4) is 0 Å². The normalized spacial score (nSPS) is 16.4. The third kappa shape index (κ3) is 18.0. The standard InChI is InChI=1S/C67H87FN16O12/c1-43(2)96-61(90)40-72-57(86)39-71-58(87)42-84-53-9-5-8-50(51-36-54-47(35-52(51)68)37-74-79(54)4)62(53)63(77-84)46-18-25-80(26-19-46)59(88)15-14-56(85)70-21-30-94-32-34-95-33-31-93-29-20-60(89)81-23-16-45(17-24-81)44-10-12-48(13-11-44)75-66-64(65(69)91)73-38-55(76-66)82-22-6-7-49(41-82)83-28-27-78(3)67(83)92/h5,8-13,35-38,43,45-46,49H,6-7,14-34,39-42H2,1-4H3,(H2,69,91)(H,70,85)(H,71,87)(H,72,86)(H,75,76)/t49-/m1/s1. The van der Waals surface area contributed by atoms with E-state index in [-0.39, 0.29) is 118 Å². The molecule has 29 heteroatoms. The zero-order valence-electron chi connectivity index (χ0n) is 55.0. The van der Waals surface area contributed by atoms with Crippen molar-refractivity contribution >= 4 is 86.6 Å². The van der Waals surface area contributed by atoms with Gasteiger partial charge in [-0.3, -0.25) is 42.9 Å². The number of carbonyl (C=O) groups is 8. The second-order valence-corrected chi connectivity index (χ2v) is 24.9. The number of ether oxygens (including phenoxy) is 4. The van der Waals surface area contributed by atoms with Crippen molar-refractivity contribution in [3.05, 3.63) is 89.8 Å². The maximum Gasteiger partial charge on any atom is 0.325 e. The Kier molecular flexibility index (Phi) is 23.8. The number of nitrogens with two attached hydrogens (primary N) is 1. The largest absolute Gasteiger partial charge is 0.462 e. The topological polar surface area (TPSA) is 325 Å². The lowest BCUT2D eigenvalue weighted by molar-refractivity contribution is -0.147. The number of carbonyl (C=O) groups excluding carboxylic acids is 8. The molecule has 10 rings (SSSR count). The van der Waals surface area contributed by atoms with Crippen LogP contribution in [0.25, 0.3) is 32.9 Å². The minimum absolute atomic E-state index is 0.00311. The minimum Gasteiger partial charge on any atom is -0.462 e. The lowest BCUT2D eigenvalue weighted by Gasteiger charge is -2.37. The van der Waals surface area contributed by atoms with E-state index in [4.69, 9.17) is 34.8 Å². The molecule has 3 aromatic carbocycles. The molecule has 0 radical (unpaired) electrons. The molecule has 3 aromatic heterocycles. The van der Waals surface area contributed by atoms with E-state index in [1.807, 2.05) is 35.0 Å². The molecule has 0 bridgehead atoms. The molecule has 4 saturated heterocycles. The van der Waals surface area contributed by atoms with Gasteiger partial charge in [0.1, 0.15) is 24.7 Å². The molecular weight excluding hydrogens is 1240 g/mol. The molecule has 514 valence electrons. The fraction of sp³-hybridized carbons (Fsp3) is 0.522. The highest BCUT2D eigenvalue weighted by atomic mass is 19.1. The molecule has 6 aromatic rings. The van der Waals surface area contributed by atoms with Crippen LogP contribution in [0.2, 0.25) is 0 Å². The van der Waals surface area contributed by atoms with Crippen LogP contribution in [0.5, 0.6) is 0 Å². The zero-order valence-corrected chi connectivity index (χ0v) is 55.0. The molecular formula is C67H87FN16O12. The summed E-state index contributed by atoms with van der Waals surface area (Å²) in [5.41, 5.74) is 10.5. The Bertz CT molecular complexity index is 3750. The average Bonchev–Trinajstić information content (AvgIpc) is 1.57. The van der Waals surface area contributed by atoms with Crippen molar-refractivity contribution in [2.45, 2.75) is 102 Å². The van der Waals surface area contributed by atoms with Gasteiger partial charge in [-0.2, -0.15) is 10.2 Å². The highest BCUT2D eigenvalue weighted by Gasteiger charge is 2.36. The second kappa shape index (κ2) is 32.9. The number of nitrogens with one attached hydrogen (secondary N) is 4. The van der Waals surface area contributed by atoms with Gasteiger partial charge in [0, 0.05) is 114 Å². The van der Waals surface area contributed by atoms with Crippen LogP contribution in [0.15, 0.2) is 67.0 Å². The van der Waals surface area contributed by atoms with Crippen LogP contribution < -0.4 is 31.9 Å². The predicted molar refractivity (Wildman–Crippen MR) is 353 cm³/mol. The van der Waals surface area contributed by atoms with E-state index in [1.165, 1.54) is 10.7 Å². The summed E-state index contributed by atoms with van der Waals surface area (Å²) in [5, 5.41) is 21.6. The lowest BCUT2D eigenvalue weighted by Crippen LogP contribution is -2.49. The van der Waals surface area contributed by atoms with E-state index >= 15 is 4.39 Å². The number of urea groups is 1. The number of benzene rings is 3. The van der Waals surface area contributed by atoms with Crippen LogP contribution in [-0.4, -0.2) is 227 Å². The van der Waals surface area contributed by atoms with Crippen molar-refractivity contribution in [1.82, 2.24) is 65.1 Å². The van der Waals surface area contributed by atoms with E-state index < -0.39 is 29.5 Å². The number of hydrogen-bond donors (Lipinski definition) is 5. The highest BCUT2D eigenvalue weighted by Crippen LogP contribution is 2.40. The number of amides is 8. The Morgan fingerprint density at radius 2 is 1.39 bits per heavy atom. The summed E-state index contributed by atoms with van der Waals surface area (Å²) in [6, 6.07) is 16.7. The number of fused-ring (bicyclic) bond motifs is 2. The molecule has 1 atom stereocenters. The first-order valence-electron chi connectivity index (χ1n) is 33.1. The van der Waals surface area contributed by atoms with Gasteiger partial charge in [-0.25, -0.2) is 19.2 Å².